The Labute approximate surface area is 155 Å². The summed E-state index contributed by atoms with van der Waals surface area (Å²) in [6.45, 7) is 1.21. The second kappa shape index (κ2) is 4.53. The van der Waals surface area contributed by atoms with Crippen molar-refractivity contribution in [3.05, 3.63) is 32.8 Å². The lowest BCUT2D eigenvalue weighted by Gasteiger charge is -2.31. The number of aromatic hydroxyl groups is 2. The van der Waals surface area contributed by atoms with Gasteiger partial charge in [-0.15, -0.1) is 23.2 Å². The average Bonchev–Trinajstić information content (AvgIpc) is 2.63. The highest BCUT2D eigenvalue weighted by molar-refractivity contribution is 6.65. The third-order valence-corrected chi connectivity index (χ3v) is 8.09. The van der Waals surface area contributed by atoms with Crippen molar-refractivity contribution >= 4 is 75.4 Å². The summed E-state index contributed by atoms with van der Waals surface area (Å²) in [5.74, 6) is -1.41. The van der Waals surface area contributed by atoms with Gasteiger partial charge in [0, 0.05) is 11.1 Å². The van der Waals surface area contributed by atoms with E-state index in [2.05, 4.69) is 0 Å². The Kier molecular flexibility index (Phi) is 3.46. The predicted octanol–water partition coefficient (Wildman–Crippen LogP) is 5.06. The number of rotatable bonds is 1. The summed E-state index contributed by atoms with van der Waals surface area (Å²) in [4.78, 5) is 7.90. The summed E-state index contributed by atoms with van der Waals surface area (Å²) in [6.07, 6.45) is 0. The average molecular weight is 423 g/mol. The van der Waals surface area contributed by atoms with Gasteiger partial charge in [0.2, 0.25) is 0 Å². The lowest BCUT2D eigenvalue weighted by Crippen LogP contribution is -2.39. The lowest BCUT2D eigenvalue weighted by atomic mass is 9.90. The van der Waals surface area contributed by atoms with E-state index in [1.165, 1.54) is 6.92 Å². The van der Waals surface area contributed by atoms with Crippen LogP contribution in [0.15, 0.2) is 16.1 Å². The van der Waals surface area contributed by atoms with Gasteiger partial charge in [-0.3, -0.25) is 4.79 Å². The first-order valence-corrected chi connectivity index (χ1v) is 8.13. The Hall–Kier alpha value is -0.0300. The van der Waals surface area contributed by atoms with Crippen molar-refractivity contribution in [1.29, 1.82) is 0 Å². The fourth-order valence-corrected chi connectivity index (χ4v) is 5.66. The first kappa shape index (κ1) is 16.8. The molecule has 1 aromatic rings. The van der Waals surface area contributed by atoms with Crippen LogP contribution < -0.4 is 0 Å². The summed E-state index contributed by atoms with van der Waals surface area (Å²) in [7, 11) is 0. The molecule has 3 nitrogen and oxygen atoms in total. The van der Waals surface area contributed by atoms with E-state index < -0.39 is 31.4 Å². The summed E-state index contributed by atoms with van der Waals surface area (Å²) in [5, 5.41) is 20.4. The molecule has 0 spiro atoms. The number of Topliss-reactive ketones (excluding diaryl/α,β-unsaturated/α-hetero) is 1. The molecule has 3 rings (SSSR count). The topological polar surface area (TPSA) is 57.5 Å². The molecule has 22 heavy (non-hydrogen) atoms. The highest BCUT2D eigenvalue weighted by Gasteiger charge is 2.79. The van der Waals surface area contributed by atoms with Crippen LogP contribution in [0.25, 0.3) is 0 Å². The molecule has 1 aromatic carbocycles. The Morgan fingerprint density at radius 1 is 1.00 bits per heavy atom. The Bertz CT molecular complexity index is 786. The summed E-state index contributed by atoms with van der Waals surface area (Å²) in [6, 6.07) is 1.06. The van der Waals surface area contributed by atoms with E-state index in [0.29, 0.717) is 0 Å². The van der Waals surface area contributed by atoms with Gasteiger partial charge in [-0.2, -0.15) is 0 Å². The van der Waals surface area contributed by atoms with E-state index in [9.17, 15) is 15.0 Å². The van der Waals surface area contributed by atoms with Crippen LogP contribution in [0.2, 0.25) is 0 Å². The van der Waals surface area contributed by atoms with Crippen LogP contribution in [0.1, 0.15) is 28.4 Å². The molecule has 2 atom stereocenters. The van der Waals surface area contributed by atoms with Gasteiger partial charge in [0.1, 0.15) is 21.2 Å². The van der Waals surface area contributed by atoms with Crippen LogP contribution in [0.5, 0.6) is 11.5 Å². The number of fused-ring (bicyclic) bond motifs is 5. The first-order valence-electron chi connectivity index (χ1n) is 5.86. The molecule has 9 heteroatoms. The molecule has 118 valence electrons. The van der Waals surface area contributed by atoms with Gasteiger partial charge in [0.05, 0.1) is 15.6 Å². The van der Waals surface area contributed by atoms with E-state index in [1.807, 2.05) is 0 Å². The minimum Gasteiger partial charge on any atom is -0.508 e. The number of halogens is 6. The molecule has 2 N–H and O–H groups in total. The molecule has 0 fully saturated rings. The Morgan fingerprint density at radius 2 is 1.45 bits per heavy atom. The number of allylic oxidation sites excluding steroid dienone is 2. The van der Waals surface area contributed by atoms with Crippen LogP contribution in [0, 0.1) is 0 Å². The van der Waals surface area contributed by atoms with E-state index >= 15 is 0 Å². The van der Waals surface area contributed by atoms with Gasteiger partial charge in [-0.05, 0) is 13.0 Å². The molecule has 0 aliphatic heterocycles. The van der Waals surface area contributed by atoms with E-state index in [-0.39, 0.29) is 26.8 Å². The highest BCUT2D eigenvalue weighted by atomic mass is 35.5. The fourth-order valence-electron chi connectivity index (χ4n) is 2.96. The molecule has 0 saturated heterocycles. The first-order chi connectivity index (χ1) is 9.94. The van der Waals surface area contributed by atoms with Gasteiger partial charge in [-0.25, -0.2) is 0 Å². The monoisotopic (exact) mass is 420 g/mol. The van der Waals surface area contributed by atoms with Crippen LogP contribution in [0.3, 0.4) is 0 Å². The van der Waals surface area contributed by atoms with Gasteiger partial charge in [0.15, 0.2) is 10.1 Å². The van der Waals surface area contributed by atoms with Gasteiger partial charge < -0.3 is 10.2 Å². The second-order valence-corrected chi connectivity index (χ2v) is 8.33. The molecule has 0 amide bonds. The number of hydrogen-bond donors (Lipinski definition) is 2. The van der Waals surface area contributed by atoms with Crippen LogP contribution in [-0.2, 0) is 9.75 Å². The SMILES string of the molecule is CC(=O)c1cc(O)c2c(c1O)C1(Cl)C(Cl)=C(Cl)C2(Cl)C1(Cl)Cl. The molecular weight excluding hydrogens is 417 g/mol. The van der Waals surface area contributed by atoms with E-state index in [0.717, 1.165) is 6.07 Å². The maximum absolute atomic E-state index is 11.6. The van der Waals surface area contributed by atoms with Gasteiger partial charge in [0.25, 0.3) is 0 Å². The van der Waals surface area contributed by atoms with Crippen LogP contribution in [-0.4, -0.2) is 20.3 Å². The zero-order valence-electron chi connectivity index (χ0n) is 10.6. The molecule has 2 bridgehead atoms. The molecule has 2 aliphatic rings. The summed E-state index contributed by atoms with van der Waals surface area (Å²) < 4.78 is -1.98. The van der Waals surface area contributed by atoms with Crippen molar-refractivity contribution in [3.8, 4) is 11.5 Å². The molecule has 0 heterocycles. The second-order valence-electron chi connectivity index (χ2n) is 5.12. The molecule has 0 aromatic heterocycles. The van der Waals surface area contributed by atoms with Gasteiger partial charge in [-0.1, -0.05) is 46.4 Å². The number of ketones is 1. The third kappa shape index (κ3) is 1.47. The Morgan fingerprint density at radius 3 is 1.91 bits per heavy atom. The van der Waals surface area contributed by atoms with Gasteiger partial charge >= 0.3 is 0 Å². The maximum atomic E-state index is 11.6. The number of phenols is 2. The van der Waals surface area contributed by atoms with Crippen LogP contribution >= 0.6 is 69.6 Å². The quantitative estimate of drug-likeness (QED) is 0.378. The van der Waals surface area contributed by atoms with E-state index in [1.54, 1.807) is 0 Å². The standard InChI is InChI=1S/C13H6Cl6O3/c1-3(20)4-2-5(21)6-7(8(4)22)12(17)10(15)9(14)11(6,16)13(12,18)19/h2,21-22H,1H3. The lowest BCUT2D eigenvalue weighted by molar-refractivity contribution is 0.101. The minimum atomic E-state index is -1.98. The summed E-state index contributed by atoms with van der Waals surface area (Å²) in [5.41, 5.74) is -0.339. The number of alkyl halides is 4. The van der Waals surface area contributed by atoms with Crippen molar-refractivity contribution in [2.45, 2.75) is 21.0 Å². The molecule has 2 aliphatic carbocycles. The number of carbonyl (C=O) groups excluding carboxylic acids is 1. The largest absolute Gasteiger partial charge is 0.508 e. The zero-order chi connectivity index (χ0) is 16.8. The number of hydrogen-bond acceptors (Lipinski definition) is 3. The molecule has 0 saturated carbocycles. The number of benzene rings is 1. The summed E-state index contributed by atoms with van der Waals surface area (Å²) >= 11 is 37.9. The van der Waals surface area contributed by atoms with Crippen molar-refractivity contribution < 1.29 is 15.0 Å². The zero-order valence-corrected chi connectivity index (χ0v) is 15.2. The number of carbonyl (C=O) groups is 1. The van der Waals surface area contributed by atoms with Crippen molar-refractivity contribution in [2.75, 3.05) is 0 Å². The molecule has 2 unspecified atom stereocenters. The predicted molar refractivity (Wildman–Crippen MR) is 88.0 cm³/mol. The van der Waals surface area contributed by atoms with Crippen molar-refractivity contribution in [1.82, 2.24) is 0 Å². The van der Waals surface area contributed by atoms with Crippen molar-refractivity contribution in [2.24, 2.45) is 0 Å². The van der Waals surface area contributed by atoms with E-state index in [4.69, 9.17) is 69.6 Å². The smallest absolute Gasteiger partial charge is 0.174 e. The highest BCUT2D eigenvalue weighted by Crippen LogP contribution is 2.79. The minimum absolute atomic E-state index is 0.0638. The maximum Gasteiger partial charge on any atom is 0.174 e. The number of phenolic OH excluding ortho intramolecular Hbond substituents is 2. The fraction of sp³-hybridized carbons (Fsp3) is 0.308. The van der Waals surface area contributed by atoms with Crippen molar-refractivity contribution in [3.63, 3.8) is 0 Å². The molecular formula is C13H6Cl6O3. The van der Waals surface area contributed by atoms with Crippen LogP contribution in [0.4, 0.5) is 0 Å². The third-order valence-electron chi connectivity index (χ3n) is 4.01. The normalized spacial score (nSPS) is 31.6. The Balaban J connectivity index is 2.54. The molecule has 0 radical (unpaired) electrons.